The molecule has 1 aliphatic rings. The molecule has 0 spiro atoms. The molecular weight excluding hydrogens is 320 g/mol. The van der Waals surface area contributed by atoms with Gasteiger partial charge in [0.05, 0.1) is 14.2 Å². The molecule has 0 saturated carbocycles. The van der Waals surface area contributed by atoms with Crippen LogP contribution in [0, 0.1) is 0 Å². The van der Waals surface area contributed by atoms with Crippen molar-refractivity contribution >= 4 is 11.9 Å². The summed E-state index contributed by atoms with van der Waals surface area (Å²) >= 11 is 0. The van der Waals surface area contributed by atoms with Gasteiger partial charge in [-0.15, -0.1) is 0 Å². The van der Waals surface area contributed by atoms with Crippen molar-refractivity contribution in [3.05, 3.63) is 41.7 Å². The molecule has 1 amide bonds. The van der Waals surface area contributed by atoms with E-state index >= 15 is 0 Å². The zero-order valence-corrected chi connectivity index (χ0v) is 14.5. The summed E-state index contributed by atoms with van der Waals surface area (Å²) in [4.78, 5) is 23.1. The Labute approximate surface area is 147 Å². The largest absolute Gasteiger partial charge is 0.493 e. The van der Waals surface area contributed by atoms with Crippen LogP contribution in [0.4, 0.5) is 5.95 Å². The molecule has 1 aliphatic heterocycles. The second-order valence-corrected chi connectivity index (χ2v) is 5.81. The number of ether oxygens (including phenoxy) is 2. The first-order valence-corrected chi connectivity index (χ1v) is 8.28. The maximum absolute atomic E-state index is 12.4. The van der Waals surface area contributed by atoms with E-state index in [1.807, 2.05) is 18.2 Å². The minimum absolute atomic E-state index is 0.224. The van der Waals surface area contributed by atoms with Gasteiger partial charge in [0, 0.05) is 25.8 Å². The molecule has 0 aliphatic carbocycles. The van der Waals surface area contributed by atoms with Crippen LogP contribution >= 0.6 is 0 Å². The average molecular weight is 342 g/mol. The van der Waals surface area contributed by atoms with Crippen molar-refractivity contribution in [3.63, 3.8) is 0 Å². The molecule has 1 aromatic heterocycles. The highest BCUT2D eigenvalue weighted by Gasteiger charge is 2.17. The highest BCUT2D eigenvalue weighted by Crippen LogP contribution is 2.27. The SMILES string of the molecule is COc1ccc(CNC(=O)c2ccnc(N3CCCC3)n2)cc1OC. The van der Waals surface area contributed by atoms with Gasteiger partial charge in [-0.3, -0.25) is 4.79 Å². The lowest BCUT2D eigenvalue weighted by Crippen LogP contribution is -2.26. The molecule has 3 rings (SSSR count). The van der Waals surface area contributed by atoms with Crippen molar-refractivity contribution in [1.82, 2.24) is 15.3 Å². The highest BCUT2D eigenvalue weighted by atomic mass is 16.5. The van der Waals surface area contributed by atoms with Crippen LogP contribution in [0.3, 0.4) is 0 Å². The fourth-order valence-corrected chi connectivity index (χ4v) is 2.81. The number of carbonyl (C=O) groups is 1. The van der Waals surface area contributed by atoms with Gasteiger partial charge in [0.25, 0.3) is 5.91 Å². The van der Waals surface area contributed by atoms with Crippen LogP contribution in [0.15, 0.2) is 30.5 Å². The fraction of sp³-hybridized carbons (Fsp3) is 0.389. The van der Waals surface area contributed by atoms with Crippen LogP contribution in [-0.4, -0.2) is 43.2 Å². The Morgan fingerprint density at radius 3 is 2.64 bits per heavy atom. The van der Waals surface area contributed by atoms with E-state index in [2.05, 4.69) is 20.2 Å². The second kappa shape index (κ2) is 7.83. The van der Waals surface area contributed by atoms with E-state index in [1.54, 1.807) is 26.5 Å². The molecule has 0 radical (unpaired) electrons. The van der Waals surface area contributed by atoms with Gasteiger partial charge in [0.1, 0.15) is 5.69 Å². The highest BCUT2D eigenvalue weighted by molar-refractivity contribution is 5.92. The number of anilines is 1. The van der Waals surface area contributed by atoms with Crippen LogP contribution in [-0.2, 0) is 6.54 Å². The maximum atomic E-state index is 12.4. The predicted molar refractivity (Wildman–Crippen MR) is 94.2 cm³/mol. The van der Waals surface area contributed by atoms with Crippen LogP contribution in [0.2, 0.25) is 0 Å². The van der Waals surface area contributed by atoms with Crippen molar-refractivity contribution in [2.24, 2.45) is 0 Å². The first-order valence-electron chi connectivity index (χ1n) is 8.28. The van der Waals surface area contributed by atoms with E-state index < -0.39 is 0 Å². The molecule has 7 nitrogen and oxygen atoms in total. The molecule has 1 N–H and O–H groups in total. The van der Waals surface area contributed by atoms with Crippen LogP contribution < -0.4 is 19.7 Å². The third-order valence-corrected chi connectivity index (χ3v) is 4.17. The van der Waals surface area contributed by atoms with Gasteiger partial charge in [-0.2, -0.15) is 0 Å². The molecule has 1 aromatic carbocycles. The molecule has 2 heterocycles. The number of aromatic nitrogens is 2. The molecule has 0 bridgehead atoms. The zero-order chi connectivity index (χ0) is 17.6. The van der Waals surface area contributed by atoms with E-state index in [0.29, 0.717) is 29.7 Å². The molecule has 132 valence electrons. The van der Waals surface area contributed by atoms with E-state index in [0.717, 1.165) is 31.5 Å². The van der Waals surface area contributed by atoms with Crippen LogP contribution in [0.25, 0.3) is 0 Å². The Morgan fingerprint density at radius 2 is 1.92 bits per heavy atom. The summed E-state index contributed by atoms with van der Waals surface area (Å²) in [6, 6.07) is 7.17. The minimum atomic E-state index is -0.224. The Hall–Kier alpha value is -2.83. The van der Waals surface area contributed by atoms with E-state index in [1.165, 1.54) is 0 Å². The van der Waals surface area contributed by atoms with Crippen molar-refractivity contribution in [3.8, 4) is 11.5 Å². The van der Waals surface area contributed by atoms with E-state index in [9.17, 15) is 4.79 Å². The Morgan fingerprint density at radius 1 is 1.16 bits per heavy atom. The van der Waals surface area contributed by atoms with Crippen molar-refractivity contribution in [1.29, 1.82) is 0 Å². The second-order valence-electron chi connectivity index (χ2n) is 5.81. The Kier molecular flexibility index (Phi) is 5.33. The molecular formula is C18H22N4O3. The lowest BCUT2D eigenvalue weighted by Gasteiger charge is -2.15. The average Bonchev–Trinajstić information content (AvgIpc) is 3.20. The molecule has 1 saturated heterocycles. The molecule has 1 fully saturated rings. The Bertz CT molecular complexity index is 745. The molecule has 0 unspecified atom stereocenters. The summed E-state index contributed by atoms with van der Waals surface area (Å²) in [7, 11) is 3.17. The van der Waals surface area contributed by atoms with Gasteiger partial charge >= 0.3 is 0 Å². The standard InChI is InChI=1S/C18H22N4O3/c1-24-15-6-5-13(11-16(15)25-2)12-20-17(23)14-7-8-19-18(21-14)22-9-3-4-10-22/h5-8,11H,3-4,9-10,12H2,1-2H3,(H,20,23). The molecule has 0 atom stereocenters. The number of nitrogens with one attached hydrogen (secondary N) is 1. The van der Waals surface area contributed by atoms with Crippen LogP contribution in [0.1, 0.15) is 28.9 Å². The lowest BCUT2D eigenvalue weighted by molar-refractivity contribution is 0.0945. The van der Waals surface area contributed by atoms with E-state index in [-0.39, 0.29) is 5.91 Å². The first-order chi connectivity index (χ1) is 12.2. The minimum Gasteiger partial charge on any atom is -0.493 e. The normalized spacial score (nSPS) is 13.6. The first kappa shape index (κ1) is 17.0. The number of methoxy groups -OCH3 is 2. The molecule has 25 heavy (non-hydrogen) atoms. The smallest absolute Gasteiger partial charge is 0.270 e. The summed E-state index contributed by atoms with van der Waals surface area (Å²) in [5.41, 5.74) is 1.29. The quantitative estimate of drug-likeness (QED) is 0.865. The van der Waals surface area contributed by atoms with Crippen molar-refractivity contribution in [2.75, 3.05) is 32.2 Å². The summed E-state index contributed by atoms with van der Waals surface area (Å²) in [5.74, 6) is 1.69. The summed E-state index contributed by atoms with van der Waals surface area (Å²) in [6.07, 6.45) is 3.91. The number of rotatable bonds is 6. The van der Waals surface area contributed by atoms with Crippen molar-refractivity contribution in [2.45, 2.75) is 19.4 Å². The Balaban J connectivity index is 1.65. The number of carbonyl (C=O) groups excluding carboxylic acids is 1. The zero-order valence-electron chi connectivity index (χ0n) is 14.5. The topological polar surface area (TPSA) is 76.6 Å². The number of hydrogen-bond acceptors (Lipinski definition) is 6. The van der Waals surface area contributed by atoms with Gasteiger partial charge in [0.15, 0.2) is 11.5 Å². The lowest BCUT2D eigenvalue weighted by atomic mass is 10.2. The molecule has 2 aromatic rings. The maximum Gasteiger partial charge on any atom is 0.270 e. The third kappa shape index (κ3) is 3.99. The predicted octanol–water partition coefficient (Wildman–Crippen LogP) is 2.02. The summed E-state index contributed by atoms with van der Waals surface area (Å²) < 4.78 is 10.5. The van der Waals surface area contributed by atoms with Gasteiger partial charge < -0.3 is 19.7 Å². The van der Waals surface area contributed by atoms with Gasteiger partial charge in [-0.1, -0.05) is 6.07 Å². The number of benzene rings is 1. The number of nitrogens with zero attached hydrogens (tertiary/aromatic N) is 3. The van der Waals surface area contributed by atoms with Gasteiger partial charge in [0.2, 0.25) is 5.95 Å². The van der Waals surface area contributed by atoms with Gasteiger partial charge in [-0.05, 0) is 36.6 Å². The van der Waals surface area contributed by atoms with Gasteiger partial charge in [-0.25, -0.2) is 9.97 Å². The number of hydrogen-bond donors (Lipinski definition) is 1. The number of amides is 1. The molecule has 7 heteroatoms. The summed E-state index contributed by atoms with van der Waals surface area (Å²) in [6.45, 7) is 2.26. The summed E-state index contributed by atoms with van der Waals surface area (Å²) in [5, 5.41) is 2.88. The fourth-order valence-electron chi connectivity index (χ4n) is 2.81. The third-order valence-electron chi connectivity index (χ3n) is 4.17. The van der Waals surface area contributed by atoms with Crippen molar-refractivity contribution < 1.29 is 14.3 Å². The van der Waals surface area contributed by atoms with Crippen LogP contribution in [0.5, 0.6) is 11.5 Å². The van der Waals surface area contributed by atoms with E-state index in [4.69, 9.17) is 9.47 Å². The monoisotopic (exact) mass is 342 g/mol.